The minimum Gasteiger partial charge on any atom is -0.508 e. The van der Waals surface area contributed by atoms with Crippen LogP contribution in [0.2, 0.25) is 0 Å². The predicted molar refractivity (Wildman–Crippen MR) is 133 cm³/mol. The molecule has 0 radical (unpaired) electrons. The van der Waals surface area contributed by atoms with E-state index < -0.39 is 17.7 Å². The molecule has 0 aromatic heterocycles. The van der Waals surface area contributed by atoms with E-state index in [0.29, 0.717) is 24.2 Å². The number of hydrogen-bond donors (Lipinski definition) is 4. The second-order valence-electron chi connectivity index (χ2n) is 9.02. The van der Waals surface area contributed by atoms with Crippen molar-refractivity contribution in [1.82, 2.24) is 5.32 Å². The predicted octanol–water partition coefficient (Wildman–Crippen LogP) is 5.19. The Hall–Kier alpha value is -4.20. The molecule has 0 spiro atoms. The van der Waals surface area contributed by atoms with E-state index in [1.165, 1.54) is 19.2 Å². The maximum Gasteiger partial charge on any atom is 0.407 e. The molecular weight excluding hydrogens is 448 g/mol. The molecule has 8 heteroatoms. The summed E-state index contributed by atoms with van der Waals surface area (Å²) in [4.78, 5) is 23.6. The molecule has 0 saturated carbocycles. The third-order valence-electron chi connectivity index (χ3n) is 4.97. The van der Waals surface area contributed by atoms with E-state index in [-0.39, 0.29) is 17.1 Å². The average molecular weight is 479 g/mol. The number of rotatable bonds is 7. The highest BCUT2D eigenvalue weighted by molar-refractivity contribution is 5.93. The topological polar surface area (TPSA) is 117 Å². The van der Waals surface area contributed by atoms with Gasteiger partial charge in [0.1, 0.15) is 22.7 Å². The first kappa shape index (κ1) is 25.4. The molecule has 0 aliphatic carbocycles. The van der Waals surface area contributed by atoms with Crippen molar-refractivity contribution in [3.8, 4) is 22.6 Å². The number of methoxy groups -OCH3 is 1. The quantitative estimate of drug-likeness (QED) is 0.345. The first-order chi connectivity index (χ1) is 16.5. The maximum absolute atomic E-state index is 11.9. The highest BCUT2D eigenvalue weighted by Crippen LogP contribution is 2.30. The maximum atomic E-state index is 11.9. The zero-order valence-corrected chi connectivity index (χ0v) is 20.2. The lowest BCUT2D eigenvalue weighted by molar-refractivity contribution is 0.0522. The van der Waals surface area contributed by atoms with Gasteiger partial charge in [-0.05, 0) is 85.5 Å². The highest BCUT2D eigenvalue weighted by Gasteiger charge is 2.16. The normalized spacial score (nSPS) is 11.0. The van der Waals surface area contributed by atoms with Crippen molar-refractivity contribution < 1.29 is 29.3 Å². The Labute approximate surface area is 204 Å². The first-order valence-electron chi connectivity index (χ1n) is 11.1. The molecule has 3 aromatic rings. The number of esters is 1. The molecule has 35 heavy (non-hydrogen) atoms. The van der Waals surface area contributed by atoms with Crippen LogP contribution in [0.4, 0.5) is 10.5 Å². The zero-order chi connectivity index (χ0) is 25.6. The molecule has 4 N–H and O–H groups in total. The fraction of sp³-hybridized carbons (Fsp3) is 0.259. The summed E-state index contributed by atoms with van der Waals surface area (Å²) in [6, 6.07) is 17.3. The number of phenols is 2. The van der Waals surface area contributed by atoms with Crippen LogP contribution in [-0.4, -0.2) is 35.0 Å². The number of alkyl carbamates (subject to hydrolysis) is 1. The van der Waals surface area contributed by atoms with Crippen LogP contribution >= 0.6 is 0 Å². The van der Waals surface area contributed by atoms with Crippen LogP contribution in [0.25, 0.3) is 11.1 Å². The largest absolute Gasteiger partial charge is 0.508 e. The Balaban J connectivity index is 1.68. The van der Waals surface area contributed by atoms with Crippen LogP contribution < -0.4 is 10.6 Å². The Morgan fingerprint density at radius 1 is 0.886 bits per heavy atom. The molecule has 0 aliphatic heterocycles. The molecule has 1 amide bonds. The van der Waals surface area contributed by atoms with Gasteiger partial charge >= 0.3 is 12.1 Å². The van der Waals surface area contributed by atoms with Crippen molar-refractivity contribution in [2.24, 2.45) is 0 Å². The minimum atomic E-state index is -0.627. The number of amides is 1. The number of anilines is 1. The molecule has 0 fully saturated rings. The van der Waals surface area contributed by atoms with E-state index in [4.69, 9.17) is 4.74 Å². The lowest BCUT2D eigenvalue weighted by atomic mass is 10.0. The van der Waals surface area contributed by atoms with Crippen LogP contribution in [0.15, 0.2) is 60.7 Å². The summed E-state index contributed by atoms with van der Waals surface area (Å²) in [7, 11) is 1.25. The molecule has 0 aliphatic rings. The Bertz CT molecular complexity index is 1220. The number of carbonyl (C=O) groups excluding carboxylic acids is 2. The van der Waals surface area contributed by atoms with Gasteiger partial charge in [0, 0.05) is 18.8 Å². The third kappa shape index (κ3) is 7.40. The van der Waals surface area contributed by atoms with Crippen LogP contribution in [0.5, 0.6) is 11.5 Å². The van der Waals surface area contributed by atoms with E-state index in [1.807, 2.05) is 51.1 Å². The van der Waals surface area contributed by atoms with Gasteiger partial charge in [0.15, 0.2) is 0 Å². The van der Waals surface area contributed by atoms with E-state index in [1.54, 1.807) is 18.2 Å². The van der Waals surface area contributed by atoms with Crippen molar-refractivity contribution in [3.63, 3.8) is 0 Å². The van der Waals surface area contributed by atoms with Gasteiger partial charge in [0.2, 0.25) is 0 Å². The van der Waals surface area contributed by atoms with Gasteiger partial charge in [-0.1, -0.05) is 18.2 Å². The zero-order valence-electron chi connectivity index (χ0n) is 20.2. The SMILES string of the molecule is COC(=O)c1ccc(-c2cc(O)cc(CNc3cccc(CNC(=O)OC(C)(C)C)c3)c2)cc1O. The molecule has 0 saturated heterocycles. The van der Waals surface area contributed by atoms with Crippen molar-refractivity contribution in [2.45, 2.75) is 39.5 Å². The number of benzene rings is 3. The lowest BCUT2D eigenvalue weighted by Crippen LogP contribution is -2.32. The van der Waals surface area contributed by atoms with E-state index in [9.17, 15) is 19.8 Å². The van der Waals surface area contributed by atoms with Gasteiger partial charge in [0.25, 0.3) is 0 Å². The van der Waals surface area contributed by atoms with Gasteiger partial charge in [-0.15, -0.1) is 0 Å². The molecule has 0 unspecified atom stereocenters. The summed E-state index contributed by atoms with van der Waals surface area (Å²) in [6.07, 6.45) is -0.478. The smallest absolute Gasteiger partial charge is 0.407 e. The summed E-state index contributed by atoms with van der Waals surface area (Å²) in [5.41, 5.74) is 3.40. The van der Waals surface area contributed by atoms with E-state index in [2.05, 4.69) is 15.4 Å². The molecule has 8 nitrogen and oxygen atoms in total. The van der Waals surface area contributed by atoms with Gasteiger partial charge in [-0.3, -0.25) is 0 Å². The van der Waals surface area contributed by atoms with E-state index >= 15 is 0 Å². The van der Waals surface area contributed by atoms with Gasteiger partial charge in [0.05, 0.1) is 7.11 Å². The minimum absolute atomic E-state index is 0.0688. The molecule has 184 valence electrons. The number of nitrogens with one attached hydrogen (secondary N) is 2. The molecule has 3 aromatic carbocycles. The van der Waals surface area contributed by atoms with Crippen LogP contribution in [-0.2, 0) is 22.6 Å². The molecule has 3 rings (SSSR count). The highest BCUT2D eigenvalue weighted by atomic mass is 16.6. The van der Waals surface area contributed by atoms with Crippen LogP contribution in [0, 0.1) is 0 Å². The number of aromatic hydroxyl groups is 2. The first-order valence-corrected chi connectivity index (χ1v) is 11.1. The second kappa shape index (κ2) is 10.8. The molecule has 0 heterocycles. The van der Waals surface area contributed by atoms with Crippen molar-refractivity contribution in [3.05, 3.63) is 77.4 Å². The van der Waals surface area contributed by atoms with Crippen molar-refractivity contribution in [1.29, 1.82) is 0 Å². The fourth-order valence-corrected chi connectivity index (χ4v) is 3.42. The fourth-order valence-electron chi connectivity index (χ4n) is 3.42. The lowest BCUT2D eigenvalue weighted by Gasteiger charge is -2.19. The summed E-state index contributed by atoms with van der Waals surface area (Å²) >= 11 is 0. The monoisotopic (exact) mass is 478 g/mol. The third-order valence-corrected chi connectivity index (χ3v) is 4.97. The van der Waals surface area contributed by atoms with Crippen molar-refractivity contribution >= 4 is 17.7 Å². The summed E-state index contributed by atoms with van der Waals surface area (Å²) < 4.78 is 9.91. The average Bonchev–Trinajstić information content (AvgIpc) is 2.80. The summed E-state index contributed by atoms with van der Waals surface area (Å²) in [5.74, 6) is -0.751. The van der Waals surface area contributed by atoms with E-state index in [0.717, 1.165) is 16.8 Å². The van der Waals surface area contributed by atoms with Crippen LogP contribution in [0.3, 0.4) is 0 Å². The number of hydrogen-bond acceptors (Lipinski definition) is 7. The standard InChI is InChI=1S/C27H30N2O6/c1-27(2,3)35-26(33)29-15-17-6-5-7-21(11-17)28-16-18-10-20(13-22(30)12-18)19-8-9-23(24(31)14-19)25(32)34-4/h5-14,28,30-31H,15-16H2,1-4H3,(H,29,33). The Morgan fingerprint density at radius 2 is 1.66 bits per heavy atom. The van der Waals surface area contributed by atoms with Gasteiger partial charge < -0.3 is 30.3 Å². The molecule has 0 bridgehead atoms. The Kier molecular flexibility index (Phi) is 7.86. The number of carbonyl (C=O) groups is 2. The van der Waals surface area contributed by atoms with Crippen molar-refractivity contribution in [2.75, 3.05) is 12.4 Å². The van der Waals surface area contributed by atoms with Gasteiger partial charge in [-0.25, -0.2) is 9.59 Å². The molecule has 0 atom stereocenters. The molecular formula is C27H30N2O6. The van der Waals surface area contributed by atoms with Gasteiger partial charge in [-0.2, -0.15) is 0 Å². The second-order valence-corrected chi connectivity index (χ2v) is 9.02. The number of ether oxygens (including phenoxy) is 2. The summed E-state index contributed by atoms with van der Waals surface area (Å²) in [6.45, 7) is 6.18. The Morgan fingerprint density at radius 3 is 2.34 bits per heavy atom. The number of phenolic OH excluding ortho intramolecular Hbond substituents is 2. The summed E-state index contributed by atoms with van der Waals surface area (Å²) in [5, 5.41) is 26.5. The van der Waals surface area contributed by atoms with Crippen LogP contribution in [0.1, 0.15) is 42.3 Å².